The van der Waals surface area contributed by atoms with Gasteiger partial charge in [0.2, 0.25) is 0 Å². The Bertz CT molecular complexity index is 798. The largest absolute Gasteiger partial charge is 0.334 e. The third-order valence-electron chi connectivity index (χ3n) is 4.39. The summed E-state index contributed by atoms with van der Waals surface area (Å²) in [5.74, 6) is 5.31. The van der Waals surface area contributed by atoms with Gasteiger partial charge in [-0.2, -0.15) is 11.8 Å². The van der Waals surface area contributed by atoms with Crippen molar-refractivity contribution in [3.8, 4) is 0 Å². The minimum atomic E-state index is -0.358. The van der Waals surface area contributed by atoms with Gasteiger partial charge in [0.1, 0.15) is 5.82 Å². The number of rotatable bonds is 4. The highest BCUT2D eigenvalue weighted by molar-refractivity contribution is 7.99. The minimum absolute atomic E-state index is 0.133. The molecule has 1 unspecified atom stereocenters. The predicted molar refractivity (Wildman–Crippen MR) is 104 cm³/mol. The zero-order chi connectivity index (χ0) is 19.2. The number of benzene rings is 2. The van der Waals surface area contributed by atoms with E-state index in [1.54, 1.807) is 53.1 Å². The second-order valence-electron chi connectivity index (χ2n) is 6.19. The van der Waals surface area contributed by atoms with Crippen LogP contribution in [0.4, 0.5) is 9.18 Å². The number of hydrogen-bond acceptors (Lipinski definition) is 4. The van der Waals surface area contributed by atoms with Crippen molar-refractivity contribution in [2.75, 3.05) is 18.8 Å². The molecule has 4 N–H and O–H groups in total. The molecule has 1 fully saturated rings. The van der Waals surface area contributed by atoms with E-state index in [2.05, 4.69) is 10.7 Å². The van der Waals surface area contributed by atoms with Gasteiger partial charge in [0.15, 0.2) is 0 Å². The van der Waals surface area contributed by atoms with E-state index in [-0.39, 0.29) is 23.0 Å². The van der Waals surface area contributed by atoms with Crippen LogP contribution in [0.2, 0.25) is 0 Å². The summed E-state index contributed by atoms with van der Waals surface area (Å²) >= 11 is 1.77. The highest BCUT2D eigenvalue weighted by Gasteiger charge is 2.25. The Morgan fingerprint density at radius 3 is 2.52 bits per heavy atom. The Hall–Kier alpha value is -2.58. The quantitative estimate of drug-likeness (QED) is 0.426. The fourth-order valence-electron chi connectivity index (χ4n) is 2.86. The van der Waals surface area contributed by atoms with Gasteiger partial charge in [0.05, 0.1) is 0 Å². The van der Waals surface area contributed by atoms with E-state index < -0.39 is 0 Å². The molecule has 27 heavy (non-hydrogen) atoms. The highest BCUT2D eigenvalue weighted by atomic mass is 32.2. The van der Waals surface area contributed by atoms with Crippen LogP contribution >= 0.6 is 11.8 Å². The topological polar surface area (TPSA) is 87.5 Å². The SMILES string of the molecule is NNC(=O)c1ccc(CNC(=O)N2CCSC(c3ccc(F)cc3)C2)cc1. The lowest BCUT2D eigenvalue weighted by molar-refractivity contribution is 0.0953. The summed E-state index contributed by atoms with van der Waals surface area (Å²) in [6.07, 6.45) is 0. The van der Waals surface area contributed by atoms with E-state index in [9.17, 15) is 14.0 Å². The number of hydrogen-bond donors (Lipinski definition) is 3. The van der Waals surface area contributed by atoms with Crippen molar-refractivity contribution in [2.45, 2.75) is 11.8 Å². The Balaban J connectivity index is 1.54. The number of carbonyl (C=O) groups excluding carboxylic acids is 2. The van der Waals surface area contributed by atoms with Crippen LogP contribution in [-0.4, -0.2) is 35.7 Å². The van der Waals surface area contributed by atoms with Crippen molar-refractivity contribution in [3.63, 3.8) is 0 Å². The van der Waals surface area contributed by atoms with Crippen LogP contribution in [0.1, 0.15) is 26.7 Å². The zero-order valence-corrected chi connectivity index (χ0v) is 15.5. The average Bonchev–Trinajstić information content (AvgIpc) is 2.72. The number of carbonyl (C=O) groups is 2. The van der Waals surface area contributed by atoms with Crippen molar-refractivity contribution in [3.05, 3.63) is 71.0 Å². The van der Waals surface area contributed by atoms with Crippen LogP contribution in [0.3, 0.4) is 0 Å². The lowest BCUT2D eigenvalue weighted by atomic mass is 10.1. The summed E-state index contributed by atoms with van der Waals surface area (Å²) in [6.45, 7) is 1.62. The molecule has 2 aromatic carbocycles. The van der Waals surface area contributed by atoms with Gasteiger partial charge in [-0.05, 0) is 35.4 Å². The van der Waals surface area contributed by atoms with Crippen LogP contribution < -0.4 is 16.6 Å². The molecule has 1 saturated heterocycles. The molecular weight excluding hydrogens is 367 g/mol. The maximum atomic E-state index is 13.1. The average molecular weight is 388 g/mol. The van der Waals surface area contributed by atoms with Crippen LogP contribution in [0.15, 0.2) is 48.5 Å². The number of urea groups is 1. The van der Waals surface area contributed by atoms with Gasteiger partial charge >= 0.3 is 6.03 Å². The molecule has 0 saturated carbocycles. The maximum Gasteiger partial charge on any atom is 0.317 e. The lowest BCUT2D eigenvalue weighted by Gasteiger charge is -2.32. The van der Waals surface area contributed by atoms with Crippen LogP contribution in [-0.2, 0) is 6.54 Å². The molecule has 1 aliphatic rings. The van der Waals surface area contributed by atoms with E-state index in [0.717, 1.165) is 16.9 Å². The Morgan fingerprint density at radius 2 is 1.85 bits per heavy atom. The first-order valence-electron chi connectivity index (χ1n) is 8.56. The number of thioether (sulfide) groups is 1. The predicted octanol–water partition coefficient (Wildman–Crippen LogP) is 2.43. The van der Waals surface area contributed by atoms with E-state index >= 15 is 0 Å². The summed E-state index contributed by atoms with van der Waals surface area (Å²) < 4.78 is 13.1. The third kappa shape index (κ3) is 4.99. The molecule has 3 rings (SSSR count). The van der Waals surface area contributed by atoms with Crippen molar-refractivity contribution < 1.29 is 14.0 Å². The molecule has 8 heteroatoms. The van der Waals surface area contributed by atoms with Gasteiger partial charge in [-0.1, -0.05) is 24.3 Å². The van der Waals surface area contributed by atoms with E-state index in [1.165, 1.54) is 12.1 Å². The van der Waals surface area contributed by atoms with Gasteiger partial charge < -0.3 is 10.2 Å². The van der Waals surface area contributed by atoms with Crippen molar-refractivity contribution >= 4 is 23.7 Å². The standard InChI is InChI=1S/C19H21FN4O2S/c20-16-7-5-14(6-8-16)17-12-24(9-10-27-17)19(26)22-11-13-1-3-15(4-2-13)18(25)23-21/h1-8,17H,9-12,21H2,(H,22,26)(H,23,25). The Morgan fingerprint density at radius 1 is 1.15 bits per heavy atom. The second kappa shape index (κ2) is 8.88. The molecule has 0 spiro atoms. The monoisotopic (exact) mass is 388 g/mol. The van der Waals surface area contributed by atoms with Gasteiger partial charge in [0.25, 0.3) is 5.91 Å². The molecule has 2 aromatic rings. The number of halogens is 1. The second-order valence-corrected chi connectivity index (χ2v) is 7.50. The molecule has 0 aliphatic carbocycles. The number of hydrazine groups is 1. The number of nitrogens with zero attached hydrogens (tertiary/aromatic N) is 1. The first kappa shape index (κ1) is 19.2. The molecule has 0 radical (unpaired) electrons. The molecule has 142 valence electrons. The number of nitrogens with one attached hydrogen (secondary N) is 2. The van der Waals surface area contributed by atoms with E-state index in [1.807, 2.05) is 0 Å². The first-order valence-corrected chi connectivity index (χ1v) is 9.61. The van der Waals surface area contributed by atoms with Crippen LogP contribution in [0.25, 0.3) is 0 Å². The zero-order valence-electron chi connectivity index (χ0n) is 14.7. The fraction of sp³-hybridized carbons (Fsp3) is 0.263. The van der Waals surface area contributed by atoms with Crippen LogP contribution in [0, 0.1) is 5.82 Å². The van der Waals surface area contributed by atoms with Gasteiger partial charge in [-0.25, -0.2) is 15.0 Å². The summed E-state index contributed by atoms with van der Waals surface area (Å²) in [7, 11) is 0. The fourth-order valence-corrected chi connectivity index (χ4v) is 4.10. The highest BCUT2D eigenvalue weighted by Crippen LogP contribution is 2.33. The summed E-state index contributed by atoms with van der Waals surface area (Å²) in [6, 6.07) is 13.2. The molecular formula is C19H21FN4O2S. The van der Waals surface area contributed by atoms with E-state index in [0.29, 0.717) is 25.2 Å². The van der Waals surface area contributed by atoms with Gasteiger partial charge in [-0.15, -0.1) is 0 Å². The number of nitrogen functional groups attached to an aromatic ring is 1. The number of amides is 3. The minimum Gasteiger partial charge on any atom is -0.334 e. The number of nitrogens with two attached hydrogens (primary N) is 1. The van der Waals surface area contributed by atoms with E-state index in [4.69, 9.17) is 5.84 Å². The summed E-state index contributed by atoms with van der Waals surface area (Å²) in [4.78, 5) is 25.7. The molecule has 1 atom stereocenters. The van der Waals surface area contributed by atoms with Crippen molar-refractivity contribution in [1.82, 2.24) is 15.6 Å². The molecule has 1 heterocycles. The Kier molecular flexibility index (Phi) is 6.31. The normalized spacial score (nSPS) is 16.7. The van der Waals surface area contributed by atoms with Crippen LogP contribution in [0.5, 0.6) is 0 Å². The lowest BCUT2D eigenvalue weighted by Crippen LogP contribution is -2.44. The third-order valence-corrected chi connectivity index (χ3v) is 5.63. The van der Waals surface area contributed by atoms with Crippen molar-refractivity contribution in [1.29, 1.82) is 0 Å². The first-order chi connectivity index (χ1) is 13.1. The smallest absolute Gasteiger partial charge is 0.317 e. The molecule has 3 amide bonds. The van der Waals surface area contributed by atoms with Gasteiger partial charge in [-0.3, -0.25) is 10.2 Å². The molecule has 0 aromatic heterocycles. The molecule has 6 nitrogen and oxygen atoms in total. The summed E-state index contributed by atoms with van der Waals surface area (Å²) in [5.41, 5.74) is 4.45. The summed E-state index contributed by atoms with van der Waals surface area (Å²) in [5, 5.41) is 3.04. The molecule has 0 bridgehead atoms. The van der Waals surface area contributed by atoms with Gasteiger partial charge in [0, 0.05) is 36.2 Å². The maximum absolute atomic E-state index is 13.1. The Labute approximate surface area is 161 Å². The molecule has 1 aliphatic heterocycles. The van der Waals surface area contributed by atoms with Crippen molar-refractivity contribution in [2.24, 2.45) is 5.84 Å².